The highest BCUT2D eigenvalue weighted by Gasteiger charge is 2.23. The number of benzene rings is 2. The summed E-state index contributed by atoms with van der Waals surface area (Å²) in [6.07, 6.45) is 4.60. The maximum atomic E-state index is 12.2. The Morgan fingerprint density at radius 1 is 0.923 bits per heavy atom. The lowest BCUT2D eigenvalue weighted by Crippen LogP contribution is -2.37. The largest absolute Gasteiger partial charge is 0.381 e. The first-order chi connectivity index (χ1) is 12.6. The van der Waals surface area contributed by atoms with Gasteiger partial charge in [-0.3, -0.25) is 9.59 Å². The van der Waals surface area contributed by atoms with Crippen LogP contribution < -0.4 is 16.2 Å². The van der Waals surface area contributed by atoms with Gasteiger partial charge in [0.15, 0.2) is 0 Å². The second-order valence-electron chi connectivity index (χ2n) is 7.29. The average Bonchev–Trinajstić information content (AvgIpc) is 2.70. The Hall–Kier alpha value is -2.68. The average molecular weight is 345 g/mol. The predicted octanol–water partition coefficient (Wildman–Crippen LogP) is 4.04. The molecule has 132 valence electrons. The molecule has 1 aliphatic rings. The standard InChI is InChI=1S/C23H23NO2/c1-15(16-7-3-2-4-8-16)14-24-21-20(22(25)23(21)26)19-12-11-17-9-5-6-10-18(17)13-19/h2-4,7-8,11-13,15,24H,5-6,9-10,14H2,1H3/t15-/m0/s1. The number of nitrogens with one attached hydrogen (secondary N) is 1. The van der Waals surface area contributed by atoms with Crippen molar-refractivity contribution in [3.63, 3.8) is 0 Å². The lowest BCUT2D eigenvalue weighted by atomic mass is 9.88. The summed E-state index contributed by atoms with van der Waals surface area (Å²) >= 11 is 0. The van der Waals surface area contributed by atoms with Gasteiger partial charge in [0.05, 0.1) is 11.3 Å². The number of hydrogen-bond acceptors (Lipinski definition) is 3. The molecular weight excluding hydrogens is 322 g/mol. The molecule has 0 unspecified atom stereocenters. The summed E-state index contributed by atoms with van der Waals surface area (Å²) < 4.78 is 0. The molecule has 0 radical (unpaired) electrons. The van der Waals surface area contributed by atoms with E-state index in [0.717, 1.165) is 18.4 Å². The lowest BCUT2D eigenvalue weighted by molar-refractivity contribution is 0.686. The molecule has 0 bridgehead atoms. The van der Waals surface area contributed by atoms with Gasteiger partial charge >= 0.3 is 0 Å². The van der Waals surface area contributed by atoms with Gasteiger partial charge in [0.25, 0.3) is 0 Å². The van der Waals surface area contributed by atoms with Crippen molar-refractivity contribution in [2.45, 2.75) is 38.5 Å². The van der Waals surface area contributed by atoms with Crippen LogP contribution in [0.5, 0.6) is 0 Å². The van der Waals surface area contributed by atoms with Crippen LogP contribution in [0.4, 0.5) is 5.69 Å². The second kappa shape index (κ2) is 6.91. The van der Waals surface area contributed by atoms with Crippen molar-refractivity contribution < 1.29 is 0 Å². The Balaban J connectivity index is 1.57. The molecule has 0 aliphatic heterocycles. The number of anilines is 1. The molecule has 0 saturated carbocycles. The Morgan fingerprint density at radius 2 is 1.65 bits per heavy atom. The smallest absolute Gasteiger partial charge is 0.250 e. The Labute approximate surface area is 153 Å². The van der Waals surface area contributed by atoms with Crippen LogP contribution in [-0.2, 0) is 12.8 Å². The first kappa shape index (κ1) is 16.8. The summed E-state index contributed by atoms with van der Waals surface area (Å²) in [7, 11) is 0. The molecule has 3 nitrogen and oxygen atoms in total. The summed E-state index contributed by atoms with van der Waals surface area (Å²) in [5, 5.41) is 3.24. The van der Waals surface area contributed by atoms with E-state index in [-0.39, 0.29) is 11.3 Å². The zero-order valence-electron chi connectivity index (χ0n) is 15.0. The normalized spacial score (nSPS) is 14.8. The van der Waals surface area contributed by atoms with Crippen LogP contribution in [0, 0.1) is 0 Å². The maximum Gasteiger partial charge on any atom is 0.250 e. The quantitative estimate of drug-likeness (QED) is 0.710. The van der Waals surface area contributed by atoms with Crippen molar-refractivity contribution in [2.75, 3.05) is 11.9 Å². The summed E-state index contributed by atoms with van der Waals surface area (Å²) in [4.78, 5) is 24.3. The van der Waals surface area contributed by atoms with Gasteiger partial charge in [-0.2, -0.15) is 0 Å². The summed E-state index contributed by atoms with van der Waals surface area (Å²) in [6.45, 7) is 2.75. The van der Waals surface area contributed by atoms with Gasteiger partial charge in [0, 0.05) is 6.54 Å². The van der Waals surface area contributed by atoms with E-state index in [1.165, 1.54) is 29.5 Å². The van der Waals surface area contributed by atoms with E-state index in [1.807, 2.05) is 24.3 Å². The van der Waals surface area contributed by atoms with E-state index in [9.17, 15) is 9.59 Å². The molecule has 0 spiro atoms. The van der Waals surface area contributed by atoms with Crippen molar-refractivity contribution in [1.29, 1.82) is 0 Å². The molecule has 1 N–H and O–H groups in total. The fourth-order valence-electron chi connectivity index (χ4n) is 3.88. The van der Waals surface area contributed by atoms with E-state index in [4.69, 9.17) is 0 Å². The van der Waals surface area contributed by atoms with E-state index in [1.54, 1.807) is 0 Å². The Kier molecular flexibility index (Phi) is 4.46. The van der Waals surface area contributed by atoms with Crippen molar-refractivity contribution in [3.05, 3.63) is 85.7 Å². The summed E-state index contributed by atoms with van der Waals surface area (Å²) in [5.74, 6) is 0.261. The van der Waals surface area contributed by atoms with Gasteiger partial charge in [-0.1, -0.05) is 55.5 Å². The van der Waals surface area contributed by atoms with Gasteiger partial charge in [0.1, 0.15) is 0 Å². The SMILES string of the molecule is C[C@@H](CNc1c(-c2ccc3c(c2)CCCC3)c(=O)c1=O)c1ccccc1. The highest BCUT2D eigenvalue weighted by Crippen LogP contribution is 2.29. The highest BCUT2D eigenvalue weighted by atomic mass is 16.2. The van der Waals surface area contributed by atoms with E-state index in [2.05, 4.69) is 36.5 Å². The summed E-state index contributed by atoms with van der Waals surface area (Å²) in [5.41, 5.74) is 5.08. The molecule has 0 heterocycles. The van der Waals surface area contributed by atoms with Crippen LogP contribution in [-0.4, -0.2) is 6.54 Å². The molecule has 3 heteroatoms. The van der Waals surface area contributed by atoms with Gasteiger partial charge in [-0.25, -0.2) is 0 Å². The third kappa shape index (κ3) is 2.98. The zero-order chi connectivity index (χ0) is 18.1. The fourth-order valence-corrected chi connectivity index (χ4v) is 3.88. The lowest BCUT2D eigenvalue weighted by Gasteiger charge is -2.20. The highest BCUT2D eigenvalue weighted by molar-refractivity contribution is 5.82. The van der Waals surface area contributed by atoms with Crippen LogP contribution in [0.25, 0.3) is 11.1 Å². The molecule has 0 saturated heterocycles. The van der Waals surface area contributed by atoms with Gasteiger partial charge < -0.3 is 5.32 Å². The van der Waals surface area contributed by atoms with Crippen molar-refractivity contribution in [3.8, 4) is 11.1 Å². The molecule has 0 fully saturated rings. The Bertz CT molecular complexity index is 997. The predicted molar refractivity (Wildman–Crippen MR) is 107 cm³/mol. The number of rotatable bonds is 5. The topological polar surface area (TPSA) is 46.2 Å². The minimum absolute atomic E-state index is 0.261. The minimum atomic E-state index is -0.391. The van der Waals surface area contributed by atoms with Crippen LogP contribution in [0.1, 0.15) is 42.4 Å². The van der Waals surface area contributed by atoms with E-state index in [0.29, 0.717) is 17.8 Å². The van der Waals surface area contributed by atoms with Crippen LogP contribution in [0.15, 0.2) is 58.1 Å². The summed E-state index contributed by atoms with van der Waals surface area (Å²) in [6, 6.07) is 16.4. The van der Waals surface area contributed by atoms with Crippen molar-refractivity contribution in [1.82, 2.24) is 0 Å². The molecule has 26 heavy (non-hydrogen) atoms. The van der Waals surface area contributed by atoms with E-state index < -0.39 is 5.43 Å². The number of aryl methyl sites for hydroxylation is 2. The number of fused-ring (bicyclic) bond motifs is 1. The van der Waals surface area contributed by atoms with Crippen LogP contribution in [0.2, 0.25) is 0 Å². The molecule has 1 atom stereocenters. The molecule has 4 rings (SSSR count). The zero-order valence-corrected chi connectivity index (χ0v) is 15.0. The minimum Gasteiger partial charge on any atom is -0.381 e. The maximum absolute atomic E-state index is 12.2. The van der Waals surface area contributed by atoms with Gasteiger partial charge in [0.2, 0.25) is 10.9 Å². The van der Waals surface area contributed by atoms with Crippen molar-refractivity contribution in [2.24, 2.45) is 0 Å². The van der Waals surface area contributed by atoms with Crippen molar-refractivity contribution >= 4 is 5.69 Å². The van der Waals surface area contributed by atoms with Gasteiger partial charge in [-0.15, -0.1) is 0 Å². The van der Waals surface area contributed by atoms with Crippen LogP contribution in [0.3, 0.4) is 0 Å². The molecule has 1 aliphatic carbocycles. The van der Waals surface area contributed by atoms with E-state index >= 15 is 0 Å². The molecule has 0 amide bonds. The third-order valence-electron chi connectivity index (χ3n) is 5.50. The molecule has 3 aromatic carbocycles. The fraction of sp³-hybridized carbons (Fsp3) is 0.304. The van der Waals surface area contributed by atoms with Gasteiger partial charge in [-0.05, 0) is 53.9 Å². The van der Waals surface area contributed by atoms with Crippen LogP contribution >= 0.6 is 0 Å². The number of hydrogen-bond donors (Lipinski definition) is 1. The Morgan fingerprint density at radius 3 is 2.42 bits per heavy atom. The second-order valence-corrected chi connectivity index (χ2v) is 7.29. The first-order valence-electron chi connectivity index (χ1n) is 9.39. The third-order valence-corrected chi connectivity index (χ3v) is 5.50. The molecular formula is C23H23NO2. The monoisotopic (exact) mass is 345 g/mol. The molecule has 0 aromatic heterocycles. The first-order valence-corrected chi connectivity index (χ1v) is 9.39. The molecule has 3 aromatic rings.